The second-order valence-electron chi connectivity index (χ2n) is 9.42. The van der Waals surface area contributed by atoms with Crippen LogP contribution in [0, 0.1) is 23.4 Å². The van der Waals surface area contributed by atoms with E-state index in [1.807, 2.05) is 26.8 Å². The summed E-state index contributed by atoms with van der Waals surface area (Å²) in [4.78, 5) is 10.7. The van der Waals surface area contributed by atoms with E-state index >= 15 is 0 Å². The van der Waals surface area contributed by atoms with Crippen LogP contribution in [-0.4, -0.2) is 29.1 Å². The lowest BCUT2D eigenvalue weighted by molar-refractivity contribution is 0.402. The fourth-order valence-electron chi connectivity index (χ4n) is 4.71. The van der Waals surface area contributed by atoms with E-state index in [0.29, 0.717) is 23.6 Å². The van der Waals surface area contributed by atoms with E-state index in [0.717, 1.165) is 43.7 Å². The topological polar surface area (TPSA) is 67.1 Å². The SMILES string of the molecule is CC.CCCCc1cc(F)c(-c2nc(CNc3cnccc3N3CC(C)CC(N)C3)ccc2F)c(F)c1. The van der Waals surface area contributed by atoms with Crippen LogP contribution in [0.1, 0.15) is 58.2 Å². The van der Waals surface area contributed by atoms with Gasteiger partial charge in [0, 0.05) is 25.3 Å². The summed E-state index contributed by atoms with van der Waals surface area (Å²) in [7, 11) is 0. The Morgan fingerprint density at radius 1 is 1.05 bits per heavy atom. The maximum Gasteiger partial charge on any atom is 0.149 e. The molecule has 8 heteroatoms. The molecule has 3 N–H and O–H groups in total. The Labute approximate surface area is 218 Å². The summed E-state index contributed by atoms with van der Waals surface area (Å²) in [6, 6.07) is 7.27. The number of nitrogens with two attached hydrogens (primary N) is 1. The number of aryl methyl sites for hydroxylation is 1. The lowest BCUT2D eigenvalue weighted by atomic mass is 9.96. The first kappa shape index (κ1) is 28.4. The number of nitrogens with one attached hydrogen (secondary N) is 1. The van der Waals surface area contributed by atoms with Gasteiger partial charge < -0.3 is 16.0 Å². The number of hydrogen-bond acceptors (Lipinski definition) is 5. The molecule has 0 radical (unpaired) electrons. The minimum absolute atomic E-state index is 0.0965. The lowest BCUT2D eigenvalue weighted by Crippen LogP contribution is -2.46. The van der Waals surface area contributed by atoms with Crippen molar-refractivity contribution < 1.29 is 13.2 Å². The van der Waals surface area contributed by atoms with Gasteiger partial charge >= 0.3 is 0 Å². The van der Waals surface area contributed by atoms with Crippen LogP contribution in [0.15, 0.2) is 42.7 Å². The van der Waals surface area contributed by atoms with Gasteiger partial charge in [-0.3, -0.25) is 4.98 Å². The molecule has 1 aromatic carbocycles. The molecule has 0 spiro atoms. The van der Waals surface area contributed by atoms with Crippen LogP contribution in [0.4, 0.5) is 24.5 Å². The van der Waals surface area contributed by atoms with Crippen LogP contribution in [0.5, 0.6) is 0 Å². The van der Waals surface area contributed by atoms with Crippen LogP contribution < -0.4 is 16.0 Å². The predicted octanol–water partition coefficient (Wildman–Crippen LogP) is 6.72. The van der Waals surface area contributed by atoms with Crippen molar-refractivity contribution >= 4 is 11.4 Å². The number of rotatable bonds is 8. The van der Waals surface area contributed by atoms with Gasteiger partial charge in [-0.2, -0.15) is 0 Å². The molecule has 200 valence electrons. The molecule has 5 nitrogen and oxygen atoms in total. The summed E-state index contributed by atoms with van der Waals surface area (Å²) in [6.07, 6.45) is 6.75. The number of pyridine rings is 2. The van der Waals surface area contributed by atoms with Crippen LogP contribution in [-0.2, 0) is 13.0 Å². The molecule has 1 aliphatic heterocycles. The van der Waals surface area contributed by atoms with E-state index in [2.05, 4.69) is 27.1 Å². The van der Waals surface area contributed by atoms with Gasteiger partial charge in [0.05, 0.1) is 35.4 Å². The fourth-order valence-corrected chi connectivity index (χ4v) is 4.71. The largest absolute Gasteiger partial charge is 0.376 e. The quantitative estimate of drug-likeness (QED) is 0.350. The molecule has 2 atom stereocenters. The van der Waals surface area contributed by atoms with E-state index in [9.17, 15) is 13.2 Å². The van der Waals surface area contributed by atoms with Gasteiger partial charge in [-0.15, -0.1) is 0 Å². The average Bonchev–Trinajstić information content (AvgIpc) is 2.88. The molecule has 1 saturated heterocycles. The van der Waals surface area contributed by atoms with Gasteiger partial charge in [0.1, 0.15) is 23.1 Å². The van der Waals surface area contributed by atoms with Crippen LogP contribution in [0.2, 0.25) is 0 Å². The maximum absolute atomic E-state index is 14.8. The number of benzene rings is 1. The molecule has 1 fully saturated rings. The number of aromatic nitrogens is 2. The zero-order chi connectivity index (χ0) is 26.9. The number of hydrogen-bond donors (Lipinski definition) is 2. The van der Waals surface area contributed by atoms with Gasteiger partial charge in [0.25, 0.3) is 0 Å². The first-order valence-corrected chi connectivity index (χ1v) is 13.2. The van der Waals surface area contributed by atoms with E-state index in [4.69, 9.17) is 5.73 Å². The van der Waals surface area contributed by atoms with E-state index < -0.39 is 23.0 Å². The normalized spacial score (nSPS) is 17.2. The summed E-state index contributed by atoms with van der Waals surface area (Å²) in [5.41, 5.74) is 8.23. The van der Waals surface area contributed by atoms with Crippen molar-refractivity contribution in [3.63, 3.8) is 0 Å². The molecule has 0 aliphatic carbocycles. The highest BCUT2D eigenvalue weighted by molar-refractivity contribution is 5.69. The fraction of sp³-hybridized carbons (Fsp3) is 0.448. The molecule has 3 aromatic rings. The zero-order valence-corrected chi connectivity index (χ0v) is 22.2. The molecule has 4 rings (SSSR count). The van der Waals surface area contributed by atoms with E-state index in [1.165, 1.54) is 24.3 Å². The Morgan fingerprint density at radius 3 is 2.46 bits per heavy atom. The Bertz CT molecular complexity index is 1140. The highest BCUT2D eigenvalue weighted by Gasteiger charge is 2.24. The zero-order valence-electron chi connectivity index (χ0n) is 22.2. The molecular formula is C29H38F3N5. The van der Waals surface area contributed by atoms with Gasteiger partial charge in [-0.05, 0) is 61.1 Å². The van der Waals surface area contributed by atoms with Crippen molar-refractivity contribution in [3.05, 3.63) is 71.4 Å². The molecule has 37 heavy (non-hydrogen) atoms. The molecule has 1 aliphatic rings. The maximum atomic E-state index is 14.8. The van der Waals surface area contributed by atoms with Crippen molar-refractivity contribution in [2.75, 3.05) is 23.3 Å². The highest BCUT2D eigenvalue weighted by atomic mass is 19.1. The molecule has 0 bridgehead atoms. The van der Waals surface area contributed by atoms with Gasteiger partial charge in [-0.1, -0.05) is 34.1 Å². The first-order chi connectivity index (χ1) is 17.9. The van der Waals surface area contributed by atoms with Crippen molar-refractivity contribution in [1.29, 1.82) is 0 Å². The number of piperidine rings is 1. The van der Waals surface area contributed by atoms with Gasteiger partial charge in [0.2, 0.25) is 0 Å². The number of anilines is 2. The second-order valence-corrected chi connectivity index (χ2v) is 9.42. The van der Waals surface area contributed by atoms with Crippen molar-refractivity contribution in [3.8, 4) is 11.3 Å². The van der Waals surface area contributed by atoms with Crippen molar-refractivity contribution in [2.24, 2.45) is 11.7 Å². The Balaban J connectivity index is 0.00000186. The van der Waals surface area contributed by atoms with E-state index in [1.54, 1.807) is 12.4 Å². The minimum atomic E-state index is -0.808. The molecular weight excluding hydrogens is 475 g/mol. The number of unbranched alkanes of at least 4 members (excludes halogenated alkanes) is 1. The smallest absolute Gasteiger partial charge is 0.149 e. The molecule has 2 unspecified atom stereocenters. The summed E-state index contributed by atoms with van der Waals surface area (Å²) < 4.78 is 44.3. The monoisotopic (exact) mass is 513 g/mol. The van der Waals surface area contributed by atoms with Crippen LogP contribution in [0.25, 0.3) is 11.3 Å². The number of halogens is 3. The lowest BCUT2D eigenvalue weighted by Gasteiger charge is -2.37. The van der Waals surface area contributed by atoms with Crippen molar-refractivity contribution in [2.45, 2.75) is 66.0 Å². The first-order valence-electron chi connectivity index (χ1n) is 13.2. The number of nitrogens with zero attached hydrogens (tertiary/aromatic N) is 3. The molecule has 0 amide bonds. The standard InChI is InChI=1S/C27H32F3N5.C2H6/c1-3-4-5-18-11-22(29)26(23(30)12-18)27-21(28)7-6-20(34-27)13-33-24-14-32-9-8-25(24)35-15-17(2)10-19(31)16-35;1-2/h6-9,11-12,14,17,19,33H,3-5,10,13,15-16,31H2,1-2H3;1-2H3. The third-order valence-electron chi connectivity index (χ3n) is 6.35. The summed E-state index contributed by atoms with van der Waals surface area (Å²) in [5, 5.41) is 3.30. The van der Waals surface area contributed by atoms with Crippen LogP contribution in [0.3, 0.4) is 0 Å². The summed E-state index contributed by atoms with van der Waals surface area (Å²) >= 11 is 0. The molecule has 0 saturated carbocycles. The van der Waals surface area contributed by atoms with Crippen LogP contribution >= 0.6 is 0 Å². The van der Waals surface area contributed by atoms with Crippen molar-refractivity contribution in [1.82, 2.24) is 9.97 Å². The molecule has 3 heterocycles. The van der Waals surface area contributed by atoms with Gasteiger partial charge in [0.15, 0.2) is 0 Å². The average molecular weight is 514 g/mol. The van der Waals surface area contributed by atoms with Gasteiger partial charge in [-0.25, -0.2) is 18.2 Å². The minimum Gasteiger partial charge on any atom is -0.376 e. The highest BCUT2D eigenvalue weighted by Crippen LogP contribution is 2.31. The Kier molecular flexibility index (Phi) is 10.3. The summed E-state index contributed by atoms with van der Waals surface area (Å²) in [5.74, 6) is -1.92. The Morgan fingerprint density at radius 2 is 1.78 bits per heavy atom. The third kappa shape index (κ3) is 7.22. The predicted molar refractivity (Wildman–Crippen MR) is 145 cm³/mol. The molecule has 2 aromatic heterocycles. The summed E-state index contributed by atoms with van der Waals surface area (Å²) in [6.45, 7) is 10.1. The second kappa shape index (κ2) is 13.4. The Hall–Kier alpha value is -3.13. The van der Waals surface area contributed by atoms with E-state index in [-0.39, 0.29) is 18.3 Å². The third-order valence-corrected chi connectivity index (χ3v) is 6.35.